The fourth-order valence-electron chi connectivity index (χ4n) is 3.29. The standard InChI is InChI=1S/C23H27FN6O/c1-15(2)10-18(11-25)29-30(21-9-8-17(12-28-21)23(26)31)20-14-27-13-19(22(20)24)16-6-4-3-5-7-16/h3-9,12-15,18,29H,10-11,25H2,1-2H3,(H2,26,31)/t18-/m1/s1. The van der Waals surface area contributed by atoms with Gasteiger partial charge in [-0.05, 0) is 30.0 Å². The zero-order valence-corrected chi connectivity index (χ0v) is 17.6. The van der Waals surface area contributed by atoms with E-state index in [2.05, 4.69) is 29.2 Å². The summed E-state index contributed by atoms with van der Waals surface area (Å²) in [6.45, 7) is 4.53. The molecule has 7 nitrogen and oxygen atoms in total. The number of halogens is 1. The third kappa shape index (κ3) is 5.42. The van der Waals surface area contributed by atoms with E-state index in [4.69, 9.17) is 11.5 Å². The third-order valence-corrected chi connectivity index (χ3v) is 4.80. The SMILES string of the molecule is CC(C)C[C@H](CN)NN(c1ccc(C(N)=O)cn1)c1cncc(-c2ccccc2)c1F. The Hall–Kier alpha value is -3.36. The number of benzene rings is 1. The van der Waals surface area contributed by atoms with Crippen LogP contribution in [-0.2, 0) is 0 Å². The van der Waals surface area contributed by atoms with Crippen molar-refractivity contribution >= 4 is 17.4 Å². The highest BCUT2D eigenvalue weighted by molar-refractivity contribution is 5.92. The number of carbonyl (C=O) groups excluding carboxylic acids is 1. The molecule has 1 amide bonds. The second-order valence-electron chi connectivity index (χ2n) is 7.68. The number of nitrogens with two attached hydrogens (primary N) is 2. The molecule has 1 aromatic carbocycles. The molecule has 0 fully saturated rings. The van der Waals surface area contributed by atoms with Gasteiger partial charge in [0.2, 0.25) is 5.91 Å². The number of carbonyl (C=O) groups is 1. The molecule has 0 saturated heterocycles. The van der Waals surface area contributed by atoms with Crippen LogP contribution >= 0.6 is 0 Å². The second kappa shape index (κ2) is 10.1. The first-order valence-corrected chi connectivity index (χ1v) is 10.1. The van der Waals surface area contributed by atoms with Gasteiger partial charge < -0.3 is 11.5 Å². The summed E-state index contributed by atoms with van der Waals surface area (Å²) in [5.41, 5.74) is 16.1. The average molecular weight is 423 g/mol. The number of rotatable bonds is 9. The fraction of sp³-hybridized carbons (Fsp3) is 0.261. The monoisotopic (exact) mass is 422 g/mol. The maximum absolute atomic E-state index is 15.7. The third-order valence-electron chi connectivity index (χ3n) is 4.80. The van der Waals surface area contributed by atoms with E-state index in [1.807, 2.05) is 30.3 Å². The van der Waals surface area contributed by atoms with Gasteiger partial charge in [0.05, 0.1) is 11.8 Å². The van der Waals surface area contributed by atoms with Crippen molar-refractivity contribution in [2.45, 2.75) is 26.3 Å². The molecule has 1 atom stereocenters. The van der Waals surface area contributed by atoms with Crippen molar-refractivity contribution in [3.63, 3.8) is 0 Å². The molecule has 3 rings (SSSR count). The largest absolute Gasteiger partial charge is 0.366 e. The van der Waals surface area contributed by atoms with Crippen LogP contribution in [0.4, 0.5) is 15.9 Å². The number of hydrazine groups is 1. The molecular weight excluding hydrogens is 395 g/mol. The van der Waals surface area contributed by atoms with Crippen molar-refractivity contribution < 1.29 is 9.18 Å². The van der Waals surface area contributed by atoms with Crippen molar-refractivity contribution in [3.05, 3.63) is 72.4 Å². The van der Waals surface area contributed by atoms with Gasteiger partial charge in [-0.25, -0.2) is 14.8 Å². The maximum atomic E-state index is 15.7. The lowest BCUT2D eigenvalue weighted by Crippen LogP contribution is -2.47. The van der Waals surface area contributed by atoms with Gasteiger partial charge >= 0.3 is 0 Å². The van der Waals surface area contributed by atoms with E-state index in [9.17, 15) is 4.79 Å². The van der Waals surface area contributed by atoms with Crippen LogP contribution in [0.2, 0.25) is 0 Å². The summed E-state index contributed by atoms with van der Waals surface area (Å²) >= 11 is 0. The molecular formula is C23H27FN6O. The number of primary amides is 1. The molecule has 0 aliphatic rings. The number of hydrogen-bond donors (Lipinski definition) is 3. The Morgan fingerprint density at radius 1 is 1.13 bits per heavy atom. The van der Waals surface area contributed by atoms with Crippen LogP contribution in [0.3, 0.4) is 0 Å². The van der Waals surface area contributed by atoms with Gasteiger partial charge in [-0.1, -0.05) is 44.2 Å². The maximum Gasteiger partial charge on any atom is 0.250 e. The quantitative estimate of drug-likeness (QED) is 0.456. The molecule has 2 aromatic heterocycles. The molecule has 162 valence electrons. The first-order chi connectivity index (χ1) is 14.9. The minimum absolute atomic E-state index is 0.127. The lowest BCUT2D eigenvalue weighted by Gasteiger charge is -2.30. The van der Waals surface area contributed by atoms with Crippen LogP contribution in [-0.4, -0.2) is 28.5 Å². The molecule has 0 spiro atoms. The Kier molecular flexibility index (Phi) is 7.28. The average Bonchev–Trinajstić information content (AvgIpc) is 2.77. The Balaban J connectivity index is 2.06. The van der Waals surface area contributed by atoms with E-state index < -0.39 is 11.7 Å². The van der Waals surface area contributed by atoms with Gasteiger partial charge in [0.1, 0.15) is 11.5 Å². The van der Waals surface area contributed by atoms with Gasteiger partial charge in [-0.15, -0.1) is 0 Å². The van der Waals surface area contributed by atoms with Crippen LogP contribution < -0.4 is 21.9 Å². The number of nitrogens with zero attached hydrogens (tertiary/aromatic N) is 3. The minimum atomic E-state index is -0.586. The first-order valence-electron chi connectivity index (χ1n) is 10.1. The molecule has 0 radical (unpaired) electrons. The molecule has 5 N–H and O–H groups in total. The number of hydrogen-bond acceptors (Lipinski definition) is 6. The molecule has 0 saturated carbocycles. The Bertz CT molecular complexity index is 1010. The van der Waals surface area contributed by atoms with Crippen molar-refractivity contribution in [2.24, 2.45) is 17.4 Å². The topological polar surface area (TPSA) is 110 Å². The van der Waals surface area contributed by atoms with Gasteiger partial charge in [-0.2, -0.15) is 0 Å². The molecule has 0 unspecified atom stereocenters. The number of anilines is 2. The van der Waals surface area contributed by atoms with E-state index in [1.165, 1.54) is 23.6 Å². The van der Waals surface area contributed by atoms with Gasteiger partial charge in [0, 0.05) is 30.5 Å². The van der Waals surface area contributed by atoms with Crippen LogP contribution in [0.15, 0.2) is 61.1 Å². The van der Waals surface area contributed by atoms with Crippen molar-refractivity contribution in [2.75, 3.05) is 11.6 Å². The normalized spacial score (nSPS) is 12.0. The smallest absolute Gasteiger partial charge is 0.250 e. The predicted octanol–water partition coefficient (Wildman–Crippen LogP) is 3.40. The predicted molar refractivity (Wildman–Crippen MR) is 120 cm³/mol. The summed E-state index contributed by atoms with van der Waals surface area (Å²) in [7, 11) is 0. The lowest BCUT2D eigenvalue weighted by atomic mass is 10.0. The van der Waals surface area contributed by atoms with Crippen LogP contribution in [0.1, 0.15) is 30.6 Å². The fourth-order valence-corrected chi connectivity index (χ4v) is 3.29. The van der Waals surface area contributed by atoms with E-state index in [1.54, 1.807) is 12.1 Å². The van der Waals surface area contributed by atoms with Crippen LogP contribution in [0.5, 0.6) is 0 Å². The first kappa shape index (κ1) is 22.3. The number of aromatic nitrogens is 2. The molecule has 2 heterocycles. The molecule has 0 bridgehead atoms. The highest BCUT2D eigenvalue weighted by atomic mass is 19.1. The molecule has 31 heavy (non-hydrogen) atoms. The van der Waals surface area contributed by atoms with E-state index in [0.29, 0.717) is 29.4 Å². The molecule has 8 heteroatoms. The summed E-state index contributed by atoms with van der Waals surface area (Å²) in [5.74, 6) is -0.267. The summed E-state index contributed by atoms with van der Waals surface area (Å²) < 4.78 is 15.7. The highest BCUT2D eigenvalue weighted by Gasteiger charge is 2.22. The lowest BCUT2D eigenvalue weighted by molar-refractivity contribution is 0.1000. The zero-order chi connectivity index (χ0) is 22.4. The molecule has 0 aliphatic carbocycles. The summed E-state index contributed by atoms with van der Waals surface area (Å²) in [6.07, 6.45) is 5.06. The van der Waals surface area contributed by atoms with Crippen molar-refractivity contribution in [1.29, 1.82) is 0 Å². The number of nitrogens with one attached hydrogen (secondary N) is 1. The van der Waals surface area contributed by atoms with Gasteiger partial charge in [0.25, 0.3) is 0 Å². The summed E-state index contributed by atoms with van der Waals surface area (Å²) in [4.78, 5) is 20.0. The Morgan fingerprint density at radius 2 is 1.87 bits per heavy atom. The second-order valence-corrected chi connectivity index (χ2v) is 7.68. The summed E-state index contributed by atoms with van der Waals surface area (Å²) in [6, 6.07) is 12.2. The van der Waals surface area contributed by atoms with E-state index >= 15 is 4.39 Å². The van der Waals surface area contributed by atoms with E-state index in [0.717, 1.165) is 6.42 Å². The molecule has 0 aliphatic heterocycles. The Labute approximate surface area is 181 Å². The minimum Gasteiger partial charge on any atom is -0.366 e. The van der Waals surface area contributed by atoms with Gasteiger partial charge in [0.15, 0.2) is 5.82 Å². The Morgan fingerprint density at radius 3 is 2.45 bits per heavy atom. The van der Waals surface area contributed by atoms with Crippen molar-refractivity contribution in [3.8, 4) is 11.1 Å². The number of amides is 1. The van der Waals surface area contributed by atoms with E-state index in [-0.39, 0.29) is 17.3 Å². The van der Waals surface area contributed by atoms with Gasteiger partial charge in [-0.3, -0.25) is 14.8 Å². The summed E-state index contributed by atoms with van der Waals surface area (Å²) in [5, 5.41) is 1.53. The van der Waals surface area contributed by atoms with Crippen LogP contribution in [0.25, 0.3) is 11.1 Å². The number of pyridine rings is 2. The zero-order valence-electron chi connectivity index (χ0n) is 17.6. The molecule has 3 aromatic rings. The highest BCUT2D eigenvalue weighted by Crippen LogP contribution is 2.31. The van der Waals surface area contributed by atoms with Crippen molar-refractivity contribution in [1.82, 2.24) is 15.4 Å². The van der Waals surface area contributed by atoms with Crippen LogP contribution in [0, 0.1) is 11.7 Å².